The number of halogens is 3. The molecule has 2 heterocycles. The first-order valence-electron chi connectivity index (χ1n) is 7.81. The lowest BCUT2D eigenvalue weighted by molar-refractivity contribution is -0.132. The quantitative estimate of drug-likeness (QED) is 0.577. The van der Waals surface area contributed by atoms with Crippen LogP contribution in [0.1, 0.15) is 22.9 Å². The Balaban J connectivity index is 1.92. The maximum absolute atomic E-state index is 12.3. The third kappa shape index (κ3) is 6.73. The Kier molecular flexibility index (Phi) is 6.80. The zero-order valence-electron chi connectivity index (χ0n) is 14.1. The number of thiophene rings is 1. The van der Waals surface area contributed by atoms with Crippen LogP contribution in [0.15, 0.2) is 22.5 Å². The average Bonchev–Trinajstić information content (AvgIpc) is 3.15. The molecule has 0 saturated carbocycles. The lowest BCUT2D eigenvalue weighted by atomic mass is 10.3. The number of aliphatic imine (C=N–C) groups is 1. The molecule has 0 unspecified atom stereocenters. The van der Waals surface area contributed by atoms with Gasteiger partial charge in [-0.25, -0.2) is 4.99 Å². The molecule has 138 valence electrons. The van der Waals surface area contributed by atoms with Crippen LogP contribution in [-0.2, 0) is 20.0 Å². The van der Waals surface area contributed by atoms with E-state index in [-0.39, 0.29) is 13.1 Å². The molecule has 10 heteroatoms. The van der Waals surface area contributed by atoms with Gasteiger partial charge >= 0.3 is 6.18 Å². The van der Waals surface area contributed by atoms with E-state index in [0.717, 1.165) is 12.2 Å². The van der Waals surface area contributed by atoms with Crippen LogP contribution in [-0.4, -0.2) is 40.0 Å². The van der Waals surface area contributed by atoms with Crippen molar-refractivity contribution in [2.24, 2.45) is 12.0 Å². The van der Waals surface area contributed by atoms with Gasteiger partial charge < -0.3 is 15.2 Å². The van der Waals surface area contributed by atoms with Crippen molar-refractivity contribution in [3.05, 3.63) is 34.0 Å². The van der Waals surface area contributed by atoms with Crippen molar-refractivity contribution < 1.29 is 13.2 Å². The van der Waals surface area contributed by atoms with Gasteiger partial charge in [0.05, 0.1) is 6.42 Å². The van der Waals surface area contributed by atoms with E-state index >= 15 is 0 Å². The van der Waals surface area contributed by atoms with Crippen LogP contribution in [0.3, 0.4) is 0 Å². The van der Waals surface area contributed by atoms with E-state index < -0.39 is 12.6 Å². The SMILES string of the molecule is Cc1nnc(CN=C(NCCc2cccs2)NCCC(F)(F)F)n1C. The molecule has 0 atom stereocenters. The summed E-state index contributed by atoms with van der Waals surface area (Å²) in [6.45, 7) is 2.40. The molecule has 0 fully saturated rings. The molecule has 0 radical (unpaired) electrons. The fourth-order valence-corrected chi connectivity index (χ4v) is 2.70. The lowest BCUT2D eigenvalue weighted by Crippen LogP contribution is -2.40. The van der Waals surface area contributed by atoms with Crippen LogP contribution < -0.4 is 10.6 Å². The number of guanidine groups is 1. The summed E-state index contributed by atoms with van der Waals surface area (Å²) >= 11 is 1.64. The first kappa shape index (κ1) is 19.2. The van der Waals surface area contributed by atoms with Gasteiger partial charge in [-0.15, -0.1) is 21.5 Å². The monoisotopic (exact) mass is 374 g/mol. The molecule has 0 spiro atoms. The van der Waals surface area contributed by atoms with Crippen LogP contribution in [0.25, 0.3) is 0 Å². The molecule has 2 aromatic rings. The highest BCUT2D eigenvalue weighted by Gasteiger charge is 2.26. The number of hydrogen-bond acceptors (Lipinski definition) is 4. The first-order chi connectivity index (χ1) is 11.8. The Morgan fingerprint density at radius 1 is 1.28 bits per heavy atom. The number of aromatic nitrogens is 3. The second-order valence-corrected chi connectivity index (χ2v) is 6.47. The fourth-order valence-electron chi connectivity index (χ4n) is 1.99. The van der Waals surface area contributed by atoms with Gasteiger partial charge in [0.1, 0.15) is 12.4 Å². The normalized spacial score (nSPS) is 12.4. The number of rotatable bonds is 7. The maximum atomic E-state index is 12.3. The van der Waals surface area contributed by atoms with Crippen molar-refractivity contribution in [2.75, 3.05) is 13.1 Å². The zero-order chi connectivity index (χ0) is 18.3. The van der Waals surface area contributed by atoms with Gasteiger partial charge in [-0.3, -0.25) is 0 Å². The Labute approximate surface area is 148 Å². The van der Waals surface area contributed by atoms with Gasteiger partial charge in [0.15, 0.2) is 11.8 Å². The van der Waals surface area contributed by atoms with Crippen LogP contribution in [0.2, 0.25) is 0 Å². The van der Waals surface area contributed by atoms with Crippen molar-refractivity contribution in [1.29, 1.82) is 0 Å². The predicted octanol–water partition coefficient (Wildman–Crippen LogP) is 2.42. The van der Waals surface area contributed by atoms with Crippen LogP contribution in [0, 0.1) is 6.92 Å². The molecule has 2 aromatic heterocycles. The highest BCUT2D eigenvalue weighted by molar-refractivity contribution is 7.09. The molecule has 2 rings (SSSR count). The number of nitrogens with one attached hydrogen (secondary N) is 2. The molecule has 0 aliphatic carbocycles. The van der Waals surface area contributed by atoms with Crippen LogP contribution in [0.4, 0.5) is 13.2 Å². The third-order valence-corrected chi connectivity index (χ3v) is 4.44. The van der Waals surface area contributed by atoms with Gasteiger partial charge in [-0.05, 0) is 24.8 Å². The summed E-state index contributed by atoms with van der Waals surface area (Å²) in [5.74, 6) is 1.73. The summed E-state index contributed by atoms with van der Waals surface area (Å²) in [5.41, 5.74) is 0. The van der Waals surface area contributed by atoms with Gasteiger partial charge in [0.25, 0.3) is 0 Å². The molecular formula is C15H21F3N6S. The highest BCUT2D eigenvalue weighted by atomic mass is 32.1. The van der Waals surface area contributed by atoms with Gasteiger partial charge in [0, 0.05) is 25.0 Å². The van der Waals surface area contributed by atoms with Crippen molar-refractivity contribution in [3.63, 3.8) is 0 Å². The predicted molar refractivity (Wildman–Crippen MR) is 91.6 cm³/mol. The van der Waals surface area contributed by atoms with Crippen molar-refractivity contribution in [2.45, 2.75) is 32.5 Å². The summed E-state index contributed by atoms with van der Waals surface area (Å²) in [7, 11) is 1.82. The Hall–Kier alpha value is -2.10. The van der Waals surface area contributed by atoms with Gasteiger partial charge in [-0.1, -0.05) is 6.07 Å². The van der Waals surface area contributed by atoms with E-state index in [1.807, 2.05) is 31.5 Å². The van der Waals surface area contributed by atoms with Crippen molar-refractivity contribution in [3.8, 4) is 0 Å². The zero-order valence-corrected chi connectivity index (χ0v) is 14.9. The number of hydrogen-bond donors (Lipinski definition) is 2. The number of alkyl halides is 3. The van der Waals surface area contributed by atoms with E-state index in [1.54, 1.807) is 15.9 Å². The minimum absolute atomic E-state index is 0.230. The van der Waals surface area contributed by atoms with E-state index in [1.165, 1.54) is 4.88 Å². The van der Waals surface area contributed by atoms with Crippen LogP contribution >= 0.6 is 11.3 Å². The first-order valence-corrected chi connectivity index (χ1v) is 8.69. The van der Waals surface area contributed by atoms with Crippen molar-refractivity contribution >= 4 is 17.3 Å². The topological polar surface area (TPSA) is 67.1 Å². The van der Waals surface area contributed by atoms with E-state index in [2.05, 4.69) is 25.8 Å². The Morgan fingerprint density at radius 2 is 2.04 bits per heavy atom. The van der Waals surface area contributed by atoms with Crippen molar-refractivity contribution in [1.82, 2.24) is 25.4 Å². The number of nitrogens with zero attached hydrogens (tertiary/aromatic N) is 4. The molecular weight excluding hydrogens is 353 g/mol. The molecule has 25 heavy (non-hydrogen) atoms. The minimum atomic E-state index is -4.20. The smallest absolute Gasteiger partial charge is 0.356 e. The second-order valence-electron chi connectivity index (χ2n) is 5.44. The summed E-state index contributed by atoms with van der Waals surface area (Å²) in [6.07, 6.45) is -4.34. The van der Waals surface area contributed by atoms with Gasteiger partial charge in [-0.2, -0.15) is 13.2 Å². The summed E-state index contributed by atoms with van der Waals surface area (Å²) in [4.78, 5) is 5.51. The molecule has 0 aromatic carbocycles. The standard InChI is InChI=1S/C15H21F3N6S/c1-11-22-23-13(24(11)2)10-21-14(20-8-6-15(16,17)18)19-7-5-12-4-3-9-25-12/h3-4,9H,5-8,10H2,1-2H3,(H2,19,20,21). The van der Waals surface area contributed by atoms with E-state index in [9.17, 15) is 13.2 Å². The summed E-state index contributed by atoms with van der Waals surface area (Å²) in [5, 5.41) is 15.7. The molecule has 2 N–H and O–H groups in total. The largest absolute Gasteiger partial charge is 0.390 e. The Morgan fingerprint density at radius 3 is 2.64 bits per heavy atom. The van der Waals surface area contributed by atoms with Crippen LogP contribution in [0.5, 0.6) is 0 Å². The molecule has 0 saturated heterocycles. The molecule has 0 aliphatic heterocycles. The summed E-state index contributed by atoms with van der Waals surface area (Å²) in [6, 6.07) is 3.98. The molecule has 0 bridgehead atoms. The van der Waals surface area contributed by atoms with E-state index in [4.69, 9.17) is 0 Å². The minimum Gasteiger partial charge on any atom is -0.356 e. The maximum Gasteiger partial charge on any atom is 0.390 e. The Bertz CT molecular complexity index is 678. The molecule has 6 nitrogen and oxygen atoms in total. The number of aryl methyl sites for hydroxylation is 1. The fraction of sp³-hybridized carbons (Fsp3) is 0.533. The third-order valence-electron chi connectivity index (χ3n) is 3.51. The van der Waals surface area contributed by atoms with Gasteiger partial charge in [0.2, 0.25) is 0 Å². The average molecular weight is 374 g/mol. The molecule has 0 amide bonds. The second kappa shape index (κ2) is 8.84. The lowest BCUT2D eigenvalue weighted by Gasteiger charge is -2.13. The highest BCUT2D eigenvalue weighted by Crippen LogP contribution is 2.18. The molecule has 0 aliphatic rings. The summed E-state index contributed by atoms with van der Waals surface area (Å²) < 4.78 is 38.8. The van der Waals surface area contributed by atoms with E-state index in [0.29, 0.717) is 18.3 Å².